The van der Waals surface area contributed by atoms with Crippen molar-refractivity contribution in [2.45, 2.75) is 37.5 Å². The van der Waals surface area contributed by atoms with Crippen molar-refractivity contribution in [2.75, 3.05) is 19.1 Å². The van der Waals surface area contributed by atoms with E-state index < -0.39 is 52.6 Å². The Kier molecular flexibility index (Phi) is 7.58. The molecule has 242 valence electrons. The summed E-state index contributed by atoms with van der Waals surface area (Å²) < 4.78 is 19.1. The average Bonchev–Trinajstić information content (AvgIpc) is 3.43. The first-order chi connectivity index (χ1) is 22.6. The maximum atomic E-state index is 15.1. The number of benzene rings is 3. The Morgan fingerprint density at radius 2 is 1.70 bits per heavy atom. The van der Waals surface area contributed by atoms with Gasteiger partial charge in [0.05, 0.1) is 36.0 Å². The number of carbonyl (C=O) groups is 4. The van der Waals surface area contributed by atoms with Crippen LogP contribution in [0, 0.1) is 29.5 Å². The van der Waals surface area contributed by atoms with Crippen LogP contribution in [-0.2, 0) is 24.6 Å². The van der Waals surface area contributed by atoms with Crippen LogP contribution in [0.5, 0.6) is 11.5 Å². The van der Waals surface area contributed by atoms with Crippen LogP contribution >= 0.6 is 11.6 Å². The molecule has 4 amide bonds. The minimum Gasteiger partial charge on any atom is -0.504 e. The van der Waals surface area contributed by atoms with E-state index in [-0.39, 0.29) is 29.7 Å². The number of amides is 4. The Labute approximate surface area is 275 Å². The lowest BCUT2D eigenvalue weighted by atomic mass is 9.49. The summed E-state index contributed by atoms with van der Waals surface area (Å²) in [5, 5.41) is 12.4. The van der Waals surface area contributed by atoms with E-state index in [4.69, 9.17) is 16.3 Å². The molecule has 3 aromatic rings. The number of phenols is 1. The minimum absolute atomic E-state index is 0.138. The molecule has 1 saturated carbocycles. The van der Waals surface area contributed by atoms with Crippen LogP contribution in [0.1, 0.15) is 43.2 Å². The van der Waals surface area contributed by atoms with Crippen LogP contribution in [0.2, 0.25) is 5.02 Å². The van der Waals surface area contributed by atoms with Crippen molar-refractivity contribution in [1.29, 1.82) is 0 Å². The molecule has 2 heterocycles. The van der Waals surface area contributed by atoms with Crippen LogP contribution in [0.3, 0.4) is 0 Å². The van der Waals surface area contributed by atoms with Gasteiger partial charge in [-0.15, -0.1) is 0 Å². The molecule has 11 heteroatoms. The monoisotopic (exact) mass is 657 g/mol. The predicted molar refractivity (Wildman–Crippen MR) is 171 cm³/mol. The van der Waals surface area contributed by atoms with E-state index in [1.807, 2.05) is 13.0 Å². The first-order valence-corrected chi connectivity index (χ1v) is 16.1. The molecule has 0 aromatic heterocycles. The summed E-state index contributed by atoms with van der Waals surface area (Å²) in [6, 6.07) is 17.0. The van der Waals surface area contributed by atoms with E-state index in [9.17, 15) is 23.9 Å². The van der Waals surface area contributed by atoms with E-state index in [0.717, 1.165) is 10.6 Å². The number of carbonyl (C=O) groups excluding carboxylic acids is 4. The normalized spacial score (nSPS) is 28.2. The predicted octanol–water partition coefficient (Wildman–Crippen LogP) is 5.59. The number of anilines is 1. The zero-order chi connectivity index (χ0) is 33.2. The molecule has 2 aliphatic carbocycles. The first kappa shape index (κ1) is 30.9. The standard InChI is InChI=1S/C36H33ClFN3O6/c1-3-16-40-32(43)25-14-13-24-26(30(25)34(40)45)18-27-33(44)41(39-23-11-9-22(38)10-12-23)35(46)36(27,20-5-7-21(37)8-6-20)31(24)19-4-15-29(47-2)28(42)17-19/h4-13,15,17,25-27,30-31,39,42H,3,14,16,18H2,1-2H3. The smallest absolute Gasteiger partial charge is 0.260 e. The van der Waals surface area contributed by atoms with Gasteiger partial charge in [0.25, 0.3) is 11.8 Å². The zero-order valence-electron chi connectivity index (χ0n) is 25.8. The summed E-state index contributed by atoms with van der Waals surface area (Å²) in [5.41, 5.74) is 3.58. The third kappa shape index (κ3) is 4.56. The Balaban J connectivity index is 1.46. The molecule has 2 N–H and O–H groups in total. The van der Waals surface area contributed by atoms with E-state index in [0.29, 0.717) is 41.2 Å². The van der Waals surface area contributed by atoms with Gasteiger partial charge >= 0.3 is 0 Å². The molecule has 3 aromatic carbocycles. The molecule has 0 radical (unpaired) electrons. The van der Waals surface area contributed by atoms with Crippen LogP contribution in [0.15, 0.2) is 78.4 Å². The summed E-state index contributed by atoms with van der Waals surface area (Å²) in [7, 11) is 1.43. The number of imide groups is 2. The lowest BCUT2D eigenvalue weighted by Crippen LogP contribution is -2.53. The molecule has 6 unspecified atom stereocenters. The number of aromatic hydroxyl groups is 1. The number of nitrogens with zero attached hydrogens (tertiary/aromatic N) is 2. The van der Waals surface area contributed by atoms with Crippen LogP contribution in [0.4, 0.5) is 10.1 Å². The Bertz CT molecular complexity index is 1830. The highest BCUT2D eigenvalue weighted by Gasteiger charge is 2.70. The fraction of sp³-hybridized carbons (Fsp3) is 0.333. The van der Waals surface area contributed by atoms with Crippen molar-refractivity contribution in [3.05, 3.63) is 100 Å². The highest BCUT2D eigenvalue weighted by atomic mass is 35.5. The number of hydrogen-bond donors (Lipinski definition) is 2. The van der Waals surface area contributed by atoms with Gasteiger partial charge in [-0.1, -0.05) is 48.4 Å². The van der Waals surface area contributed by atoms with Crippen LogP contribution < -0.4 is 10.2 Å². The molecule has 7 rings (SSSR count). The molecule has 9 nitrogen and oxygen atoms in total. The number of fused-ring (bicyclic) bond motifs is 4. The number of halogens is 2. The number of likely N-dealkylation sites (tertiary alicyclic amines) is 1. The van der Waals surface area contributed by atoms with Gasteiger partial charge in [0.2, 0.25) is 11.8 Å². The van der Waals surface area contributed by atoms with Gasteiger partial charge in [0.15, 0.2) is 11.5 Å². The number of hydrogen-bond acceptors (Lipinski definition) is 7. The number of ether oxygens (including phenoxy) is 1. The van der Waals surface area contributed by atoms with Gasteiger partial charge in [-0.25, -0.2) is 4.39 Å². The maximum absolute atomic E-state index is 15.1. The quantitative estimate of drug-likeness (QED) is 0.251. The molecule has 6 atom stereocenters. The summed E-state index contributed by atoms with van der Waals surface area (Å²) in [6.45, 7) is 2.22. The van der Waals surface area contributed by atoms with E-state index >= 15 is 4.79 Å². The van der Waals surface area contributed by atoms with Gasteiger partial charge in [0.1, 0.15) is 5.82 Å². The molecule has 0 bridgehead atoms. The fourth-order valence-corrected chi connectivity index (χ4v) is 8.55. The molecule has 0 spiro atoms. The zero-order valence-corrected chi connectivity index (χ0v) is 26.5. The van der Waals surface area contributed by atoms with E-state index in [2.05, 4.69) is 5.43 Å². The third-order valence-corrected chi connectivity index (χ3v) is 10.6. The van der Waals surface area contributed by atoms with Gasteiger partial charge in [-0.05, 0) is 84.8 Å². The highest BCUT2D eigenvalue weighted by molar-refractivity contribution is 6.30. The molecule has 2 saturated heterocycles. The number of hydrazine groups is 1. The molecule has 3 fully saturated rings. The second-order valence-corrected chi connectivity index (χ2v) is 13.1. The largest absolute Gasteiger partial charge is 0.504 e. The molecular formula is C36H33ClFN3O6. The van der Waals surface area contributed by atoms with Crippen molar-refractivity contribution in [2.24, 2.45) is 23.7 Å². The molecule has 47 heavy (non-hydrogen) atoms. The number of rotatable bonds is 7. The Hall–Kier alpha value is -4.70. The van der Waals surface area contributed by atoms with Gasteiger partial charge in [-0.2, -0.15) is 5.01 Å². The lowest BCUT2D eigenvalue weighted by molar-refractivity contribution is -0.141. The highest BCUT2D eigenvalue weighted by Crippen LogP contribution is 2.64. The number of methoxy groups -OCH3 is 1. The number of nitrogens with one attached hydrogen (secondary N) is 1. The topological polar surface area (TPSA) is 116 Å². The summed E-state index contributed by atoms with van der Waals surface area (Å²) in [6.07, 6.45) is 3.02. The maximum Gasteiger partial charge on any atom is 0.260 e. The van der Waals surface area contributed by atoms with Crippen molar-refractivity contribution in [1.82, 2.24) is 9.91 Å². The lowest BCUT2D eigenvalue weighted by Gasteiger charge is -2.50. The second kappa shape index (κ2) is 11.5. The fourth-order valence-electron chi connectivity index (χ4n) is 8.43. The van der Waals surface area contributed by atoms with Crippen LogP contribution in [-0.4, -0.2) is 52.3 Å². The summed E-state index contributed by atoms with van der Waals surface area (Å²) in [4.78, 5) is 58.4. The average molecular weight is 658 g/mol. The SMILES string of the molecule is CCCN1C(=O)C2CC=C3C(CC4C(=O)N(Nc5ccc(F)cc5)C(=O)C4(c4ccc(Cl)cc4)C3c3ccc(OC)c(O)c3)C2C1=O. The second-order valence-electron chi connectivity index (χ2n) is 12.6. The van der Waals surface area contributed by atoms with Crippen molar-refractivity contribution < 1.29 is 33.4 Å². The molecule has 2 aliphatic heterocycles. The third-order valence-electron chi connectivity index (χ3n) is 10.3. The van der Waals surface area contributed by atoms with E-state index in [1.165, 1.54) is 42.3 Å². The summed E-state index contributed by atoms with van der Waals surface area (Å²) >= 11 is 6.32. The Morgan fingerprint density at radius 1 is 0.979 bits per heavy atom. The van der Waals surface area contributed by atoms with Gasteiger partial charge < -0.3 is 9.84 Å². The minimum atomic E-state index is -1.53. The van der Waals surface area contributed by atoms with E-state index in [1.54, 1.807) is 36.4 Å². The number of allylic oxidation sites excluding steroid dienone is 2. The first-order valence-electron chi connectivity index (χ1n) is 15.7. The van der Waals surface area contributed by atoms with Crippen molar-refractivity contribution in [3.63, 3.8) is 0 Å². The number of phenolic OH excluding ortho intramolecular Hbond substituents is 1. The van der Waals surface area contributed by atoms with Crippen molar-refractivity contribution in [3.8, 4) is 11.5 Å². The van der Waals surface area contributed by atoms with Gasteiger partial charge in [-0.3, -0.25) is 29.5 Å². The molecule has 4 aliphatic rings. The van der Waals surface area contributed by atoms with Gasteiger partial charge in [0, 0.05) is 17.5 Å². The summed E-state index contributed by atoms with van der Waals surface area (Å²) in [5.74, 6) is -5.46. The Morgan fingerprint density at radius 3 is 2.36 bits per heavy atom. The van der Waals surface area contributed by atoms with Crippen LogP contribution in [0.25, 0.3) is 0 Å². The van der Waals surface area contributed by atoms with Crippen molar-refractivity contribution >= 4 is 40.9 Å². The molecular weight excluding hydrogens is 625 g/mol.